The maximum atomic E-state index is 14.1. The van der Waals surface area contributed by atoms with Crippen LogP contribution in [0.4, 0.5) is 0 Å². The molecule has 0 atom stereocenters. The summed E-state index contributed by atoms with van der Waals surface area (Å²) in [5.41, 5.74) is 0.211. The summed E-state index contributed by atoms with van der Waals surface area (Å²) >= 11 is 7.79. The number of carbonyl (C=O) groups is 7. The molecule has 4 aliphatic rings. The van der Waals surface area contributed by atoms with Gasteiger partial charge in [-0.25, -0.2) is 19.7 Å². The Morgan fingerprint density at radius 1 is 0.667 bits per heavy atom. The molecule has 0 radical (unpaired) electrons. The molecular formula is C61H75ClN2O15S2. The number of fused-ring (bicyclic) bond motifs is 1. The highest BCUT2D eigenvalue weighted by Crippen LogP contribution is 2.61. The molecule has 1 aliphatic heterocycles. The zero-order valence-electron chi connectivity index (χ0n) is 46.7. The molecule has 2 aromatic rings. The number of thioether (sulfide) groups is 2. The highest BCUT2D eigenvalue weighted by atomic mass is 35.5. The van der Waals surface area contributed by atoms with E-state index in [1.165, 1.54) is 0 Å². The molecule has 2 aromatic carbocycles. The zero-order valence-corrected chi connectivity index (χ0v) is 49.1. The molecule has 20 heteroatoms. The lowest BCUT2D eigenvalue weighted by atomic mass is 9.82. The van der Waals surface area contributed by atoms with Crippen molar-refractivity contribution >= 4 is 76.9 Å². The number of nitrogens with zero attached hydrogens (tertiary/aromatic N) is 2. The Bertz CT molecular complexity index is 2630. The van der Waals surface area contributed by atoms with E-state index in [0.717, 1.165) is 81.0 Å². The van der Waals surface area contributed by atoms with E-state index in [0.29, 0.717) is 134 Å². The molecule has 1 heterocycles. The fourth-order valence-corrected chi connectivity index (χ4v) is 12.7. The average molecular weight is 1180 g/mol. The third-order valence-electron chi connectivity index (χ3n) is 14.8. The van der Waals surface area contributed by atoms with E-state index < -0.39 is 47.2 Å². The Hall–Kier alpha value is -6.02. The van der Waals surface area contributed by atoms with Crippen molar-refractivity contribution in [2.75, 3.05) is 32.3 Å². The topological polar surface area (TPSA) is 221 Å². The maximum absolute atomic E-state index is 14.1. The molecule has 0 bridgehead atoms. The molecular weight excluding hydrogens is 1100 g/mol. The smallest absolute Gasteiger partial charge is 0.338 e. The van der Waals surface area contributed by atoms with Gasteiger partial charge in [0.1, 0.15) is 29.5 Å². The fourth-order valence-electron chi connectivity index (χ4n) is 10.0. The van der Waals surface area contributed by atoms with Gasteiger partial charge in [-0.05, 0) is 164 Å². The van der Waals surface area contributed by atoms with E-state index in [9.17, 15) is 38.8 Å². The first kappa shape index (κ1) is 64.2. The van der Waals surface area contributed by atoms with Crippen molar-refractivity contribution in [3.05, 3.63) is 75.5 Å². The van der Waals surface area contributed by atoms with E-state index in [1.807, 2.05) is 26.8 Å². The molecule has 438 valence electrons. The summed E-state index contributed by atoms with van der Waals surface area (Å²) in [4.78, 5) is 94.2. The molecule has 3 fully saturated rings. The summed E-state index contributed by atoms with van der Waals surface area (Å²) in [6.07, 6.45) is 12.8. The molecule has 3 aliphatic carbocycles. The number of hydrogen-bond donors (Lipinski definition) is 0. The van der Waals surface area contributed by atoms with Gasteiger partial charge in [0.25, 0.3) is 5.70 Å². The molecule has 0 spiro atoms. The Morgan fingerprint density at radius 3 is 1.73 bits per heavy atom. The molecule has 17 nitrogen and oxygen atoms in total. The molecule has 0 unspecified atom stereocenters. The minimum atomic E-state index is -0.625. The van der Waals surface area contributed by atoms with Crippen LogP contribution in [0, 0.1) is 41.6 Å². The number of benzene rings is 2. The summed E-state index contributed by atoms with van der Waals surface area (Å²) in [7, 11) is 0. The van der Waals surface area contributed by atoms with E-state index in [2.05, 4.69) is 11.4 Å². The predicted octanol–water partition coefficient (Wildman–Crippen LogP) is 12.9. The van der Waals surface area contributed by atoms with Crippen LogP contribution in [0.15, 0.2) is 62.7 Å². The quantitative estimate of drug-likeness (QED) is 0.0119. The molecule has 3 saturated carbocycles. The number of ether oxygens (including phenoxy) is 8. The Kier molecular flexibility index (Phi) is 25.8. The van der Waals surface area contributed by atoms with Crippen molar-refractivity contribution < 1.29 is 71.5 Å². The van der Waals surface area contributed by atoms with Crippen LogP contribution in [0.25, 0.3) is 4.85 Å². The standard InChI is InChI=1S/C61H75ClN2O15S2/c1-6-50(65)73-34-12-8-7-11-33-72-44-25-19-41(20-26-44)57(69)77-46-29-23-43(24-30-46)59(71)79-52-47(61(2,3)4)37-49(53-54(52)81-60(80-53)48(38-63)64-5)78-58(70)42-21-27-45(28-22-42)76-56(68)40-17-15-39(16-18-40)55(67)75-36-14-10-9-13-35-74-51(66)31-32-62/h6,19-20,25-26,37,39-40,42-43,45-46H,1,7-18,21-24,27-36H2,2-4H3/b60-48+. The van der Waals surface area contributed by atoms with Gasteiger partial charge in [0, 0.05) is 17.5 Å². The molecule has 0 N–H and O–H groups in total. The van der Waals surface area contributed by atoms with Crippen LogP contribution < -0.4 is 14.2 Å². The number of rotatable bonds is 27. The van der Waals surface area contributed by atoms with Gasteiger partial charge in [-0.2, -0.15) is 0 Å². The number of allylic oxidation sites excluding steroid dienone is 1. The number of halogens is 1. The monoisotopic (exact) mass is 1170 g/mol. The Morgan fingerprint density at radius 2 is 1.17 bits per heavy atom. The summed E-state index contributed by atoms with van der Waals surface area (Å²) in [6.45, 7) is 18.5. The van der Waals surface area contributed by atoms with Gasteiger partial charge in [0.2, 0.25) is 0 Å². The SMILES string of the molecule is [C-]#[N+]/C(C#N)=C1\Sc2c(OC(=O)C3CCC(OC(=O)C4CCC(C(=O)OCCCCCCOC(=O)CCCl)CC4)CC3)cc(C(C)(C)C)c(OC(=O)C3CCC(OC(=O)c4ccc(OCCCCCCOC(=O)C=C)cc4)CC3)c2S1. The summed E-state index contributed by atoms with van der Waals surface area (Å²) in [6, 6.07) is 10.4. The van der Waals surface area contributed by atoms with Crippen molar-refractivity contribution in [3.8, 4) is 23.3 Å². The van der Waals surface area contributed by atoms with Gasteiger partial charge in [-0.15, -0.1) is 11.6 Å². The van der Waals surface area contributed by atoms with Gasteiger partial charge in [-0.1, -0.05) is 50.9 Å². The summed E-state index contributed by atoms with van der Waals surface area (Å²) in [5, 5.41) is 9.88. The van der Waals surface area contributed by atoms with Crippen LogP contribution in [0.2, 0.25) is 0 Å². The van der Waals surface area contributed by atoms with Crippen LogP contribution in [0.3, 0.4) is 0 Å². The van der Waals surface area contributed by atoms with Crippen molar-refractivity contribution in [2.24, 2.45) is 23.7 Å². The van der Waals surface area contributed by atoms with Crippen LogP contribution in [0.5, 0.6) is 17.2 Å². The third kappa shape index (κ3) is 19.8. The normalized spacial score (nSPS) is 21.1. The van der Waals surface area contributed by atoms with Gasteiger partial charge >= 0.3 is 41.8 Å². The average Bonchev–Trinajstić information content (AvgIpc) is 4.10. The van der Waals surface area contributed by atoms with Gasteiger partial charge in [-0.3, -0.25) is 24.0 Å². The van der Waals surface area contributed by atoms with Crippen molar-refractivity contribution in [2.45, 2.75) is 183 Å². The largest absolute Gasteiger partial charge is 0.494 e. The van der Waals surface area contributed by atoms with E-state index >= 15 is 0 Å². The second-order valence-corrected chi connectivity index (χ2v) is 24.5. The molecule has 0 saturated heterocycles. The zero-order chi connectivity index (χ0) is 58.3. The first-order chi connectivity index (χ1) is 39.0. The lowest BCUT2D eigenvalue weighted by molar-refractivity contribution is -0.160. The number of nitriles is 1. The van der Waals surface area contributed by atoms with E-state index in [4.69, 9.17) is 56.1 Å². The second-order valence-electron chi connectivity index (χ2n) is 21.8. The summed E-state index contributed by atoms with van der Waals surface area (Å²) < 4.78 is 46.2. The fraction of sp³-hybridized carbons (Fsp3) is 0.590. The Balaban J connectivity index is 0.961. The molecule has 0 aromatic heterocycles. The Labute approximate surface area is 489 Å². The van der Waals surface area contributed by atoms with Crippen LogP contribution >= 0.6 is 35.1 Å². The number of carbonyl (C=O) groups excluding carboxylic acids is 7. The number of alkyl halides is 1. The summed E-state index contributed by atoms with van der Waals surface area (Å²) in [5.74, 6) is -2.82. The van der Waals surface area contributed by atoms with Crippen LogP contribution in [-0.2, 0) is 57.9 Å². The highest BCUT2D eigenvalue weighted by Gasteiger charge is 2.39. The molecule has 0 amide bonds. The predicted molar refractivity (Wildman–Crippen MR) is 303 cm³/mol. The van der Waals surface area contributed by atoms with Gasteiger partial charge in [0.15, 0.2) is 0 Å². The van der Waals surface area contributed by atoms with Crippen molar-refractivity contribution in [3.63, 3.8) is 0 Å². The van der Waals surface area contributed by atoms with Gasteiger partial charge < -0.3 is 37.9 Å². The lowest BCUT2D eigenvalue weighted by Crippen LogP contribution is -2.33. The maximum Gasteiger partial charge on any atom is 0.338 e. The molecule has 6 rings (SSSR count). The number of unbranched alkanes of at least 4 members (excludes halogenated alkanes) is 6. The number of hydrogen-bond acceptors (Lipinski definition) is 18. The van der Waals surface area contributed by atoms with Crippen molar-refractivity contribution in [1.29, 1.82) is 5.26 Å². The van der Waals surface area contributed by atoms with E-state index in [1.54, 1.807) is 30.3 Å². The second kappa shape index (κ2) is 32.6. The first-order valence-electron chi connectivity index (χ1n) is 28.4. The molecule has 81 heavy (non-hydrogen) atoms. The number of esters is 7. The van der Waals surface area contributed by atoms with Crippen LogP contribution in [0.1, 0.15) is 172 Å². The third-order valence-corrected chi connectivity index (χ3v) is 17.6. The highest BCUT2D eigenvalue weighted by molar-refractivity contribution is 8.24. The first-order valence-corrected chi connectivity index (χ1v) is 30.5. The minimum absolute atomic E-state index is 0.143. The lowest BCUT2D eigenvalue weighted by Gasteiger charge is -2.31. The van der Waals surface area contributed by atoms with Gasteiger partial charge in [0.05, 0.1) is 88.8 Å². The van der Waals surface area contributed by atoms with Crippen LogP contribution in [-0.4, -0.2) is 86.3 Å². The van der Waals surface area contributed by atoms with E-state index in [-0.39, 0.29) is 65.3 Å². The van der Waals surface area contributed by atoms with Crippen molar-refractivity contribution in [1.82, 2.24) is 0 Å². The minimum Gasteiger partial charge on any atom is -0.494 e.